The number of imide groups is 1. The molecule has 1 fully saturated rings. The third-order valence-corrected chi connectivity index (χ3v) is 4.64. The molecule has 3 rings (SSSR count). The Bertz CT molecular complexity index is 740. The van der Waals surface area contributed by atoms with Gasteiger partial charge < -0.3 is 9.73 Å². The fourth-order valence-electron chi connectivity index (χ4n) is 2.40. The highest BCUT2D eigenvalue weighted by molar-refractivity contribution is 8.15. The number of rotatable bonds is 6. The molecule has 0 radical (unpaired) electrons. The predicted octanol–water partition coefficient (Wildman–Crippen LogP) is 2.15. The Morgan fingerprint density at radius 2 is 1.92 bits per heavy atom. The van der Waals surface area contributed by atoms with E-state index in [9.17, 15) is 14.4 Å². The Morgan fingerprint density at radius 3 is 2.54 bits per heavy atom. The molecule has 24 heavy (non-hydrogen) atoms. The zero-order chi connectivity index (χ0) is 16.9. The Kier molecular flexibility index (Phi) is 5.00. The summed E-state index contributed by atoms with van der Waals surface area (Å²) < 4.78 is 5.02. The summed E-state index contributed by atoms with van der Waals surface area (Å²) in [5.74, 6) is -0.160. The average molecular weight is 344 g/mol. The van der Waals surface area contributed by atoms with E-state index in [2.05, 4.69) is 10.6 Å². The summed E-state index contributed by atoms with van der Waals surface area (Å²) in [5.41, 5.74) is 2.08. The summed E-state index contributed by atoms with van der Waals surface area (Å²) in [4.78, 5) is 34.4. The second-order valence-electron chi connectivity index (χ2n) is 5.39. The molecule has 1 atom stereocenters. The Balaban J connectivity index is 1.47. The second-order valence-corrected chi connectivity index (χ2v) is 6.56. The molecular formula is C17H16N2O4S. The Morgan fingerprint density at radius 1 is 1.17 bits per heavy atom. The molecule has 0 unspecified atom stereocenters. The van der Waals surface area contributed by atoms with Crippen LogP contribution in [0.1, 0.15) is 21.7 Å². The van der Waals surface area contributed by atoms with Crippen LogP contribution in [0.2, 0.25) is 0 Å². The van der Waals surface area contributed by atoms with E-state index in [-0.39, 0.29) is 22.3 Å². The summed E-state index contributed by atoms with van der Waals surface area (Å²) in [5, 5.41) is 4.44. The molecule has 1 aliphatic heterocycles. The van der Waals surface area contributed by atoms with E-state index in [1.165, 1.54) is 6.26 Å². The van der Waals surface area contributed by atoms with Crippen LogP contribution in [0.15, 0.2) is 47.1 Å². The number of furan rings is 1. The van der Waals surface area contributed by atoms with Gasteiger partial charge in [0.1, 0.15) is 0 Å². The van der Waals surface area contributed by atoms with Gasteiger partial charge in [-0.05, 0) is 36.1 Å². The van der Waals surface area contributed by atoms with Gasteiger partial charge in [0.15, 0.2) is 5.76 Å². The van der Waals surface area contributed by atoms with Crippen LogP contribution >= 0.6 is 11.8 Å². The van der Waals surface area contributed by atoms with Gasteiger partial charge in [0.25, 0.3) is 11.1 Å². The van der Waals surface area contributed by atoms with Crippen molar-refractivity contribution in [2.75, 3.05) is 6.54 Å². The predicted molar refractivity (Wildman–Crippen MR) is 89.8 cm³/mol. The second kappa shape index (κ2) is 7.35. The van der Waals surface area contributed by atoms with E-state index in [1.54, 1.807) is 12.1 Å². The highest BCUT2D eigenvalue weighted by Gasteiger charge is 2.31. The molecule has 1 aliphatic rings. The maximum Gasteiger partial charge on any atom is 0.286 e. The van der Waals surface area contributed by atoms with E-state index in [0.29, 0.717) is 25.1 Å². The van der Waals surface area contributed by atoms with Crippen LogP contribution in [-0.4, -0.2) is 28.8 Å². The number of hydrogen-bond acceptors (Lipinski definition) is 5. The highest BCUT2D eigenvalue weighted by Crippen LogP contribution is 2.23. The lowest BCUT2D eigenvalue weighted by molar-refractivity contribution is -0.118. The monoisotopic (exact) mass is 344 g/mol. The standard InChI is InChI=1S/C17H16N2O4S/c20-15(13-2-1-9-23-13)18-8-7-11-3-5-12(6-4-11)10-14-16(21)19-17(22)24-14/h1-6,9,14H,7-8,10H2,(H,18,20)(H,19,21,22)/t14-/m1/s1. The number of nitrogens with one attached hydrogen (secondary N) is 2. The molecule has 1 aromatic heterocycles. The minimum absolute atomic E-state index is 0.227. The minimum Gasteiger partial charge on any atom is -0.459 e. The van der Waals surface area contributed by atoms with Crippen LogP contribution < -0.4 is 10.6 Å². The van der Waals surface area contributed by atoms with Gasteiger partial charge in [-0.25, -0.2) is 0 Å². The van der Waals surface area contributed by atoms with Gasteiger partial charge in [-0.15, -0.1) is 0 Å². The molecule has 124 valence electrons. The van der Waals surface area contributed by atoms with Crippen LogP contribution in [0.3, 0.4) is 0 Å². The molecule has 0 aliphatic carbocycles. The van der Waals surface area contributed by atoms with Crippen molar-refractivity contribution in [3.63, 3.8) is 0 Å². The van der Waals surface area contributed by atoms with Gasteiger partial charge in [-0.2, -0.15) is 0 Å². The van der Waals surface area contributed by atoms with Crippen molar-refractivity contribution >= 4 is 28.8 Å². The van der Waals surface area contributed by atoms with E-state index >= 15 is 0 Å². The third-order valence-electron chi connectivity index (χ3n) is 3.66. The zero-order valence-electron chi connectivity index (χ0n) is 12.8. The van der Waals surface area contributed by atoms with E-state index in [1.807, 2.05) is 24.3 Å². The summed E-state index contributed by atoms with van der Waals surface area (Å²) in [6, 6.07) is 11.1. The van der Waals surface area contributed by atoms with Crippen LogP contribution in [0.4, 0.5) is 4.79 Å². The largest absolute Gasteiger partial charge is 0.459 e. The summed E-state index contributed by atoms with van der Waals surface area (Å²) >= 11 is 1.03. The van der Waals surface area contributed by atoms with E-state index < -0.39 is 0 Å². The lowest BCUT2D eigenvalue weighted by Crippen LogP contribution is -2.25. The SMILES string of the molecule is O=C1NC(=O)[C@@H](Cc2ccc(CCNC(=O)c3ccco3)cc2)S1. The van der Waals surface area contributed by atoms with E-state index in [0.717, 1.165) is 22.9 Å². The average Bonchev–Trinajstić information content (AvgIpc) is 3.19. The van der Waals surface area contributed by atoms with Crippen molar-refractivity contribution in [1.29, 1.82) is 0 Å². The highest BCUT2D eigenvalue weighted by atomic mass is 32.2. The lowest BCUT2D eigenvalue weighted by atomic mass is 10.1. The molecule has 2 aromatic rings. The first-order valence-corrected chi connectivity index (χ1v) is 8.41. The molecule has 1 saturated heterocycles. The summed E-state index contributed by atoms with van der Waals surface area (Å²) in [6.07, 6.45) is 2.69. The minimum atomic E-state index is -0.351. The van der Waals surface area contributed by atoms with Crippen LogP contribution in [0.25, 0.3) is 0 Å². The first-order chi connectivity index (χ1) is 11.6. The van der Waals surface area contributed by atoms with Gasteiger partial charge in [0.05, 0.1) is 11.5 Å². The number of amides is 3. The van der Waals surface area contributed by atoms with Crippen LogP contribution in [0, 0.1) is 0 Å². The normalized spacial score (nSPS) is 16.9. The molecular weight excluding hydrogens is 328 g/mol. The fraction of sp³-hybridized carbons (Fsp3) is 0.235. The number of benzene rings is 1. The molecule has 2 heterocycles. The molecule has 2 N–H and O–H groups in total. The van der Waals surface area contributed by atoms with Gasteiger partial charge in [-0.1, -0.05) is 36.0 Å². The van der Waals surface area contributed by atoms with Crippen LogP contribution in [-0.2, 0) is 17.6 Å². The van der Waals surface area contributed by atoms with Gasteiger partial charge in [0.2, 0.25) is 5.91 Å². The van der Waals surface area contributed by atoms with Crippen molar-refractivity contribution < 1.29 is 18.8 Å². The summed E-state index contributed by atoms with van der Waals surface area (Å²) in [7, 11) is 0. The van der Waals surface area contributed by atoms with Crippen molar-refractivity contribution in [2.24, 2.45) is 0 Å². The maximum atomic E-state index is 11.7. The Hall–Kier alpha value is -2.54. The molecule has 0 saturated carbocycles. The lowest BCUT2D eigenvalue weighted by Gasteiger charge is -2.07. The van der Waals surface area contributed by atoms with Crippen molar-refractivity contribution in [3.8, 4) is 0 Å². The first kappa shape index (κ1) is 16.3. The van der Waals surface area contributed by atoms with Crippen molar-refractivity contribution in [3.05, 3.63) is 59.5 Å². The molecule has 3 amide bonds. The topological polar surface area (TPSA) is 88.4 Å². The zero-order valence-corrected chi connectivity index (χ0v) is 13.6. The first-order valence-electron chi connectivity index (χ1n) is 7.53. The molecule has 7 heteroatoms. The Labute approximate surface area is 143 Å². The molecule has 0 bridgehead atoms. The maximum absolute atomic E-state index is 11.7. The van der Waals surface area contributed by atoms with Gasteiger partial charge in [-0.3, -0.25) is 19.7 Å². The molecule has 6 nitrogen and oxygen atoms in total. The van der Waals surface area contributed by atoms with Gasteiger partial charge >= 0.3 is 0 Å². The quantitative estimate of drug-likeness (QED) is 0.838. The summed E-state index contributed by atoms with van der Waals surface area (Å²) in [6.45, 7) is 0.508. The number of carbonyl (C=O) groups is 3. The molecule has 0 spiro atoms. The number of carbonyl (C=O) groups excluding carboxylic acids is 3. The number of thioether (sulfide) groups is 1. The van der Waals surface area contributed by atoms with E-state index in [4.69, 9.17) is 4.42 Å². The number of hydrogen-bond donors (Lipinski definition) is 2. The smallest absolute Gasteiger partial charge is 0.286 e. The van der Waals surface area contributed by atoms with Gasteiger partial charge in [0, 0.05) is 6.54 Å². The molecule has 1 aromatic carbocycles. The fourth-order valence-corrected chi connectivity index (χ4v) is 3.26. The van der Waals surface area contributed by atoms with Crippen molar-refractivity contribution in [1.82, 2.24) is 10.6 Å². The van der Waals surface area contributed by atoms with Crippen molar-refractivity contribution in [2.45, 2.75) is 18.1 Å². The van der Waals surface area contributed by atoms with Crippen LogP contribution in [0.5, 0.6) is 0 Å². The third kappa shape index (κ3) is 4.05.